The molecule has 76 valence electrons. The number of hydrogen-bond acceptors (Lipinski definition) is 1. The van der Waals surface area contributed by atoms with Gasteiger partial charge in [0, 0.05) is 12.8 Å². The van der Waals surface area contributed by atoms with Crippen molar-refractivity contribution in [3.63, 3.8) is 0 Å². The summed E-state index contributed by atoms with van der Waals surface area (Å²) in [6, 6.07) is 0. The van der Waals surface area contributed by atoms with Gasteiger partial charge in [-0.05, 0) is 31.1 Å². The first-order valence-electron chi connectivity index (χ1n) is 5.62. The van der Waals surface area contributed by atoms with E-state index in [9.17, 15) is 4.79 Å². The molecule has 0 aliphatic heterocycles. The predicted molar refractivity (Wildman–Crippen MR) is 55.7 cm³/mol. The van der Waals surface area contributed by atoms with Crippen molar-refractivity contribution in [1.82, 2.24) is 0 Å². The van der Waals surface area contributed by atoms with Gasteiger partial charge in [0.05, 0.1) is 0 Å². The van der Waals surface area contributed by atoms with Crippen molar-refractivity contribution in [3.8, 4) is 0 Å². The fourth-order valence-electron chi connectivity index (χ4n) is 2.10. The summed E-state index contributed by atoms with van der Waals surface area (Å²) in [7, 11) is 0. The second-order valence-corrected chi connectivity index (χ2v) is 5.12. The van der Waals surface area contributed by atoms with E-state index >= 15 is 0 Å². The minimum absolute atomic E-state index is 0.486. The first kappa shape index (κ1) is 10.7. The van der Waals surface area contributed by atoms with Crippen LogP contribution in [0.2, 0.25) is 0 Å². The molecule has 0 spiro atoms. The standard InChI is InChI=1S/C12H22O/c1-12(2)9-5-3-7-11(13)8-4-6-10-12/h3-10H2,1-2H3. The third kappa shape index (κ3) is 4.44. The molecule has 0 saturated heterocycles. The lowest BCUT2D eigenvalue weighted by Gasteiger charge is -2.25. The Labute approximate surface area is 81.9 Å². The fourth-order valence-corrected chi connectivity index (χ4v) is 2.10. The van der Waals surface area contributed by atoms with Crippen LogP contribution < -0.4 is 0 Å². The molecule has 1 saturated carbocycles. The van der Waals surface area contributed by atoms with Crippen LogP contribution in [-0.2, 0) is 4.79 Å². The van der Waals surface area contributed by atoms with Crippen molar-refractivity contribution in [3.05, 3.63) is 0 Å². The van der Waals surface area contributed by atoms with Crippen molar-refractivity contribution in [2.45, 2.75) is 65.2 Å². The van der Waals surface area contributed by atoms with E-state index in [0.717, 1.165) is 25.7 Å². The van der Waals surface area contributed by atoms with Crippen molar-refractivity contribution < 1.29 is 4.79 Å². The maximum atomic E-state index is 11.3. The Morgan fingerprint density at radius 2 is 1.38 bits per heavy atom. The minimum Gasteiger partial charge on any atom is -0.300 e. The molecule has 0 aromatic heterocycles. The van der Waals surface area contributed by atoms with Gasteiger partial charge in [0.25, 0.3) is 0 Å². The lowest BCUT2D eigenvalue weighted by atomic mass is 9.81. The van der Waals surface area contributed by atoms with Crippen molar-refractivity contribution in [2.24, 2.45) is 5.41 Å². The molecule has 0 aromatic rings. The van der Waals surface area contributed by atoms with E-state index in [-0.39, 0.29) is 0 Å². The Morgan fingerprint density at radius 1 is 0.923 bits per heavy atom. The Bertz CT molecular complexity index is 154. The normalized spacial score (nSPS) is 25.5. The van der Waals surface area contributed by atoms with E-state index in [1.54, 1.807) is 0 Å². The van der Waals surface area contributed by atoms with E-state index in [2.05, 4.69) is 13.8 Å². The average Bonchev–Trinajstić information content (AvgIpc) is 2.06. The second kappa shape index (κ2) is 4.78. The molecule has 1 aliphatic rings. The number of hydrogen-bond donors (Lipinski definition) is 0. The summed E-state index contributed by atoms with van der Waals surface area (Å²) in [5.41, 5.74) is 0.514. The molecule has 1 heteroatoms. The monoisotopic (exact) mass is 182 g/mol. The molecule has 0 amide bonds. The van der Waals surface area contributed by atoms with Crippen LogP contribution in [0.25, 0.3) is 0 Å². The average molecular weight is 182 g/mol. The molecule has 0 atom stereocenters. The quantitative estimate of drug-likeness (QED) is 0.558. The van der Waals surface area contributed by atoms with Gasteiger partial charge in [0.2, 0.25) is 0 Å². The van der Waals surface area contributed by atoms with Gasteiger partial charge in [-0.25, -0.2) is 0 Å². The summed E-state index contributed by atoms with van der Waals surface area (Å²) in [5.74, 6) is 0.486. The molecular weight excluding hydrogens is 160 g/mol. The van der Waals surface area contributed by atoms with Gasteiger partial charge >= 0.3 is 0 Å². The Kier molecular flexibility index (Phi) is 3.95. The van der Waals surface area contributed by atoms with Crippen LogP contribution in [0.5, 0.6) is 0 Å². The smallest absolute Gasteiger partial charge is 0.132 e. The minimum atomic E-state index is 0.486. The summed E-state index contributed by atoms with van der Waals surface area (Å²) < 4.78 is 0. The Balaban J connectivity index is 2.37. The molecule has 13 heavy (non-hydrogen) atoms. The van der Waals surface area contributed by atoms with Crippen molar-refractivity contribution >= 4 is 5.78 Å². The third-order valence-corrected chi connectivity index (χ3v) is 3.12. The maximum Gasteiger partial charge on any atom is 0.132 e. The first-order chi connectivity index (χ1) is 6.10. The summed E-state index contributed by atoms with van der Waals surface area (Å²) in [6.45, 7) is 4.72. The van der Waals surface area contributed by atoms with E-state index < -0.39 is 0 Å². The van der Waals surface area contributed by atoms with Crippen LogP contribution in [-0.4, -0.2) is 5.78 Å². The molecule has 1 aliphatic carbocycles. The highest BCUT2D eigenvalue weighted by Crippen LogP contribution is 2.31. The molecule has 1 fully saturated rings. The number of Topliss-reactive ketones (excluding diaryl/α,β-unsaturated/α-hetero) is 1. The maximum absolute atomic E-state index is 11.3. The van der Waals surface area contributed by atoms with Crippen LogP contribution in [0.3, 0.4) is 0 Å². The number of rotatable bonds is 0. The summed E-state index contributed by atoms with van der Waals surface area (Å²) >= 11 is 0. The lowest BCUT2D eigenvalue weighted by Crippen LogP contribution is -2.13. The molecule has 0 N–H and O–H groups in total. The predicted octanol–water partition coefficient (Wildman–Crippen LogP) is 3.72. The largest absolute Gasteiger partial charge is 0.300 e. The molecule has 0 radical (unpaired) electrons. The molecule has 0 aromatic carbocycles. The van der Waals surface area contributed by atoms with Gasteiger partial charge in [0.15, 0.2) is 0 Å². The highest BCUT2D eigenvalue weighted by Gasteiger charge is 2.18. The van der Waals surface area contributed by atoms with E-state index in [1.165, 1.54) is 25.7 Å². The van der Waals surface area contributed by atoms with Gasteiger partial charge < -0.3 is 0 Å². The number of carbonyl (C=O) groups excluding carboxylic acids is 1. The first-order valence-corrected chi connectivity index (χ1v) is 5.62. The zero-order valence-electron chi connectivity index (χ0n) is 9.07. The second-order valence-electron chi connectivity index (χ2n) is 5.12. The lowest BCUT2D eigenvalue weighted by molar-refractivity contribution is -0.119. The van der Waals surface area contributed by atoms with Gasteiger partial charge in [-0.2, -0.15) is 0 Å². The van der Waals surface area contributed by atoms with Crippen LogP contribution in [0, 0.1) is 5.41 Å². The van der Waals surface area contributed by atoms with Crippen LogP contribution in [0.1, 0.15) is 65.2 Å². The van der Waals surface area contributed by atoms with E-state index in [4.69, 9.17) is 0 Å². The van der Waals surface area contributed by atoms with Crippen LogP contribution >= 0.6 is 0 Å². The fraction of sp³-hybridized carbons (Fsp3) is 0.917. The topological polar surface area (TPSA) is 17.1 Å². The highest BCUT2D eigenvalue weighted by molar-refractivity contribution is 5.78. The van der Waals surface area contributed by atoms with E-state index in [0.29, 0.717) is 11.2 Å². The molecule has 1 nitrogen and oxygen atoms in total. The number of ketones is 1. The molecule has 1 rings (SSSR count). The van der Waals surface area contributed by atoms with Gasteiger partial charge in [-0.15, -0.1) is 0 Å². The zero-order valence-corrected chi connectivity index (χ0v) is 9.07. The summed E-state index contributed by atoms with van der Waals surface area (Å²) in [4.78, 5) is 11.3. The van der Waals surface area contributed by atoms with Gasteiger partial charge in [-0.1, -0.05) is 26.7 Å². The summed E-state index contributed by atoms with van der Waals surface area (Å²) in [6.07, 6.45) is 8.94. The third-order valence-electron chi connectivity index (χ3n) is 3.12. The van der Waals surface area contributed by atoms with Crippen LogP contribution in [0.15, 0.2) is 0 Å². The Hall–Kier alpha value is -0.330. The van der Waals surface area contributed by atoms with Crippen molar-refractivity contribution in [1.29, 1.82) is 0 Å². The summed E-state index contributed by atoms with van der Waals surface area (Å²) in [5, 5.41) is 0. The molecule has 0 bridgehead atoms. The van der Waals surface area contributed by atoms with Gasteiger partial charge in [0.1, 0.15) is 5.78 Å². The Morgan fingerprint density at radius 3 is 1.85 bits per heavy atom. The van der Waals surface area contributed by atoms with E-state index in [1.807, 2.05) is 0 Å². The zero-order chi connectivity index (χ0) is 9.73. The molecule has 0 unspecified atom stereocenters. The van der Waals surface area contributed by atoms with Crippen LogP contribution in [0.4, 0.5) is 0 Å². The van der Waals surface area contributed by atoms with Crippen molar-refractivity contribution in [2.75, 3.05) is 0 Å². The number of carbonyl (C=O) groups is 1. The molecule has 0 heterocycles. The molecular formula is C12H22O. The SMILES string of the molecule is CC1(C)CCCCC(=O)CCCC1. The van der Waals surface area contributed by atoms with Gasteiger partial charge in [-0.3, -0.25) is 4.79 Å². The highest BCUT2D eigenvalue weighted by atomic mass is 16.1.